The molecule has 3 aliphatic rings. The number of methoxy groups -OCH3 is 2. The molecule has 1 aromatic heterocycles. The summed E-state index contributed by atoms with van der Waals surface area (Å²) < 4.78 is 58.5. The SMILES string of the molecule is CC[C@H]1OC(=O)[C@H](C)[C@@H](O[C@H]2C[C@@](C)(OC)[C@@H](O)[C@H](C)O2)[C@H](C)[C@@H](O[C@@H]2O[C@H](C)[C@@H](OC(C)(C)C)[C@H](N(C)C)[C@H]2O)[C@](C)(OC)C[C@@H](C)C(=O)[C@H](C)[C@@H](OC/C=C/c2cnc3ccccc3c2)[C@]1(C)O. The summed E-state index contributed by atoms with van der Waals surface area (Å²) >= 11 is 0. The van der Waals surface area contributed by atoms with Crippen LogP contribution in [0.15, 0.2) is 42.6 Å². The molecule has 0 saturated carbocycles. The van der Waals surface area contributed by atoms with E-state index in [1.165, 1.54) is 14.2 Å². The molecule has 0 aliphatic carbocycles. The molecule has 3 fully saturated rings. The molecule has 2 aromatic rings. The maximum absolute atomic E-state index is 14.9. The van der Waals surface area contributed by atoms with Crippen molar-refractivity contribution >= 4 is 28.7 Å². The lowest BCUT2D eigenvalue weighted by Crippen LogP contribution is -2.66. The normalized spacial score (nSPS) is 40.9. The molecule has 16 nitrogen and oxygen atoms in total. The predicted octanol–water partition coefficient (Wildman–Crippen LogP) is 6.52. The molecule has 4 heterocycles. The zero-order valence-electron chi connectivity index (χ0n) is 44.9. The van der Waals surface area contributed by atoms with Crippen LogP contribution in [0.5, 0.6) is 0 Å². The van der Waals surface area contributed by atoms with Gasteiger partial charge in [-0.2, -0.15) is 0 Å². The lowest BCUT2D eigenvalue weighted by Gasteiger charge is -2.51. The fraction of sp³-hybridized carbons (Fsp3) is 0.759. The number of carbonyl (C=O) groups excluding carboxylic acids is 2. The molecule has 70 heavy (non-hydrogen) atoms. The molecule has 0 bridgehead atoms. The summed E-state index contributed by atoms with van der Waals surface area (Å²) in [7, 11) is 6.78. The van der Waals surface area contributed by atoms with E-state index in [9.17, 15) is 24.9 Å². The van der Waals surface area contributed by atoms with Crippen LogP contribution in [0.2, 0.25) is 0 Å². The molecule has 3 saturated heterocycles. The van der Waals surface area contributed by atoms with Gasteiger partial charge in [-0.3, -0.25) is 14.6 Å². The van der Waals surface area contributed by atoms with Crippen molar-refractivity contribution in [3.05, 3.63) is 48.2 Å². The summed E-state index contributed by atoms with van der Waals surface area (Å²) in [5.74, 6) is -4.33. The Morgan fingerprint density at radius 1 is 0.871 bits per heavy atom. The second-order valence-corrected chi connectivity index (χ2v) is 22.1. The van der Waals surface area contributed by atoms with Crippen molar-refractivity contribution in [3.8, 4) is 0 Å². The molecule has 0 amide bonds. The van der Waals surface area contributed by atoms with Crippen LogP contribution in [0.1, 0.15) is 115 Å². The maximum Gasteiger partial charge on any atom is 0.311 e. The fourth-order valence-corrected chi connectivity index (χ4v) is 11.0. The fourth-order valence-electron chi connectivity index (χ4n) is 11.0. The van der Waals surface area contributed by atoms with Gasteiger partial charge in [0.1, 0.15) is 35.8 Å². The number of hydrogen-bond acceptors (Lipinski definition) is 16. The number of fused-ring (bicyclic) bond motifs is 1. The molecule has 1 aromatic carbocycles. The summed E-state index contributed by atoms with van der Waals surface area (Å²) in [6, 6.07) is 9.26. The second-order valence-electron chi connectivity index (χ2n) is 22.1. The summed E-state index contributed by atoms with van der Waals surface area (Å²) in [5.41, 5.74) is -3.08. The first-order chi connectivity index (χ1) is 32.6. The van der Waals surface area contributed by atoms with Crippen molar-refractivity contribution in [3.63, 3.8) is 0 Å². The van der Waals surface area contributed by atoms with Crippen molar-refractivity contribution in [2.75, 3.05) is 34.9 Å². The number of ketones is 1. The van der Waals surface area contributed by atoms with Crippen molar-refractivity contribution in [1.29, 1.82) is 0 Å². The van der Waals surface area contributed by atoms with Crippen molar-refractivity contribution in [2.45, 2.75) is 205 Å². The summed E-state index contributed by atoms with van der Waals surface area (Å²) in [5, 5.41) is 37.0. The van der Waals surface area contributed by atoms with Gasteiger partial charge in [-0.15, -0.1) is 0 Å². The molecule has 19 atom stereocenters. The molecule has 0 radical (unpaired) electrons. The monoisotopic (exact) mass is 987 g/mol. The van der Waals surface area contributed by atoms with E-state index in [0.29, 0.717) is 0 Å². The minimum atomic E-state index is -1.86. The Balaban J connectivity index is 1.59. The number of ether oxygens (including phenoxy) is 9. The van der Waals surface area contributed by atoms with Crippen LogP contribution in [-0.4, -0.2) is 168 Å². The molecular weight excluding hydrogens is 901 g/mol. The first kappa shape index (κ1) is 57.9. The average molecular weight is 987 g/mol. The van der Waals surface area contributed by atoms with E-state index in [-0.39, 0.29) is 31.7 Å². The minimum Gasteiger partial charge on any atom is -0.459 e. The summed E-state index contributed by atoms with van der Waals surface area (Å²) in [4.78, 5) is 36.2. The Hall–Kier alpha value is -2.97. The number of esters is 1. The zero-order valence-corrected chi connectivity index (χ0v) is 44.9. The molecule has 5 rings (SSSR count). The zero-order chi connectivity index (χ0) is 52.3. The van der Waals surface area contributed by atoms with Crippen LogP contribution in [0.4, 0.5) is 0 Å². The predicted molar refractivity (Wildman–Crippen MR) is 266 cm³/mol. The van der Waals surface area contributed by atoms with Gasteiger partial charge in [-0.05, 0) is 107 Å². The Morgan fingerprint density at radius 2 is 1.53 bits per heavy atom. The third-order valence-electron chi connectivity index (χ3n) is 15.1. The van der Waals surface area contributed by atoms with Gasteiger partial charge in [0.2, 0.25) is 0 Å². The number of likely N-dealkylation sites (N-methyl/N-ethyl adjacent to an activating group) is 1. The second kappa shape index (κ2) is 23.5. The lowest BCUT2D eigenvalue weighted by molar-refractivity contribution is -0.335. The van der Waals surface area contributed by atoms with E-state index in [1.807, 2.05) is 104 Å². The van der Waals surface area contributed by atoms with Gasteiger partial charge in [0, 0.05) is 50.0 Å². The van der Waals surface area contributed by atoms with E-state index in [2.05, 4.69) is 4.98 Å². The van der Waals surface area contributed by atoms with Crippen LogP contribution < -0.4 is 0 Å². The number of aliphatic hydroxyl groups is 3. The van der Waals surface area contributed by atoms with E-state index < -0.39 is 126 Å². The smallest absolute Gasteiger partial charge is 0.311 e. The highest BCUT2D eigenvalue weighted by atomic mass is 16.7. The largest absolute Gasteiger partial charge is 0.459 e. The van der Waals surface area contributed by atoms with Crippen molar-refractivity contribution in [1.82, 2.24) is 9.88 Å². The highest BCUT2D eigenvalue weighted by molar-refractivity contribution is 5.84. The lowest BCUT2D eigenvalue weighted by atomic mass is 9.73. The first-order valence-electron chi connectivity index (χ1n) is 25.1. The number of hydrogen-bond donors (Lipinski definition) is 3. The molecule has 0 spiro atoms. The van der Waals surface area contributed by atoms with Gasteiger partial charge in [-0.25, -0.2) is 0 Å². The number of para-hydroxylation sites is 1. The number of benzene rings is 1. The van der Waals surface area contributed by atoms with Crippen LogP contribution in [0.25, 0.3) is 17.0 Å². The first-order valence-corrected chi connectivity index (χ1v) is 25.1. The van der Waals surface area contributed by atoms with E-state index >= 15 is 0 Å². The molecule has 16 heteroatoms. The maximum atomic E-state index is 14.9. The third-order valence-corrected chi connectivity index (χ3v) is 15.1. The van der Waals surface area contributed by atoms with Crippen molar-refractivity contribution < 1.29 is 67.5 Å². The quantitative estimate of drug-likeness (QED) is 0.184. The van der Waals surface area contributed by atoms with E-state index in [4.69, 9.17) is 42.6 Å². The van der Waals surface area contributed by atoms with Gasteiger partial charge in [0.15, 0.2) is 12.6 Å². The average Bonchev–Trinajstić information content (AvgIpc) is 3.30. The van der Waals surface area contributed by atoms with Crippen LogP contribution >= 0.6 is 0 Å². The van der Waals surface area contributed by atoms with E-state index in [1.54, 1.807) is 53.8 Å². The number of rotatable bonds is 13. The number of Topliss-reactive ketones (excluding diaryl/α,β-unsaturated/α-hetero) is 1. The number of pyridine rings is 1. The minimum absolute atomic E-state index is 0.0200. The van der Waals surface area contributed by atoms with Crippen LogP contribution in [-0.2, 0) is 52.2 Å². The molecule has 396 valence electrons. The van der Waals surface area contributed by atoms with Gasteiger partial charge < -0.3 is 62.9 Å². The third kappa shape index (κ3) is 13.0. The molecule has 3 N–H and O–H groups in total. The van der Waals surface area contributed by atoms with Gasteiger partial charge in [-0.1, -0.05) is 58.0 Å². The van der Waals surface area contributed by atoms with Crippen LogP contribution in [0, 0.1) is 23.7 Å². The number of carbonyl (C=O) groups is 2. The Kier molecular flexibility index (Phi) is 19.4. The highest BCUT2D eigenvalue weighted by Crippen LogP contribution is 2.43. The number of nitrogens with zero attached hydrogens (tertiary/aromatic N) is 2. The van der Waals surface area contributed by atoms with Gasteiger partial charge in [0.05, 0.1) is 71.4 Å². The Labute approximate surface area is 417 Å². The van der Waals surface area contributed by atoms with Crippen LogP contribution in [0.3, 0.4) is 0 Å². The summed E-state index contributed by atoms with van der Waals surface area (Å²) in [6.45, 7) is 23.5. The topological polar surface area (TPSA) is 194 Å². The number of aromatic nitrogens is 1. The summed E-state index contributed by atoms with van der Waals surface area (Å²) in [6.07, 6.45) is -4.74. The highest BCUT2D eigenvalue weighted by Gasteiger charge is 2.55. The number of cyclic esters (lactones) is 1. The van der Waals surface area contributed by atoms with Gasteiger partial charge in [0.25, 0.3) is 0 Å². The number of aliphatic hydroxyl groups excluding tert-OH is 2. The van der Waals surface area contributed by atoms with E-state index in [0.717, 1.165) is 16.5 Å². The molecule has 3 aliphatic heterocycles. The molecule has 0 unspecified atom stereocenters. The molecular formula is C54H86N2O14. The van der Waals surface area contributed by atoms with Crippen molar-refractivity contribution in [2.24, 2.45) is 23.7 Å². The van der Waals surface area contributed by atoms with Gasteiger partial charge >= 0.3 is 5.97 Å². The Morgan fingerprint density at radius 3 is 2.14 bits per heavy atom. The Bertz CT molecular complexity index is 2060. The standard InChI is InChI=1S/C54H86N2O14/c1-18-39-54(13,61)48(64-25-21-22-36-26-37-23-19-20-24-38(37)55-29-36)31(3)42(57)30(2)27-53(12,63-17)47(69-50-43(58)41(56(14)15)45(34(6)66-50)70-51(8,9)10)32(4)44(33(5)49(60)67-39)68-40-28-52(11,62-16)46(59)35(7)65-40/h19-24,26,29-35,39-41,43-48,50,58-59,61H,18,25,27-28H2,1-17H3/b22-21+/t30-,31+,32+,33-,34-,35+,39-,40+,41-,43-,44+,45-,46+,47-,48-,50+,52-,53-,54-/m1/s1.